The van der Waals surface area contributed by atoms with Gasteiger partial charge < -0.3 is 25.7 Å². The van der Waals surface area contributed by atoms with E-state index in [1.807, 2.05) is 51.0 Å². The number of aliphatic hydroxyl groups excluding tert-OH is 2. The van der Waals surface area contributed by atoms with E-state index < -0.39 is 41.0 Å². The Labute approximate surface area is 284 Å². The lowest BCUT2D eigenvalue weighted by molar-refractivity contribution is -0.132. The molecule has 8 nitrogen and oxygen atoms in total. The Morgan fingerprint density at radius 3 is 2.23 bits per heavy atom. The number of amides is 2. The van der Waals surface area contributed by atoms with Gasteiger partial charge in [-0.15, -0.1) is 0 Å². The molecule has 0 saturated heterocycles. The molecule has 47 heavy (non-hydrogen) atoms. The summed E-state index contributed by atoms with van der Waals surface area (Å²) in [6.07, 6.45) is 7.65. The highest BCUT2D eigenvalue weighted by Crippen LogP contribution is 2.34. The second kappa shape index (κ2) is 18.4. The Morgan fingerprint density at radius 2 is 1.57 bits per heavy atom. The molecule has 262 valence electrons. The lowest BCUT2D eigenvalue weighted by Crippen LogP contribution is -2.56. The van der Waals surface area contributed by atoms with Crippen molar-refractivity contribution in [2.75, 3.05) is 32.1 Å². The van der Waals surface area contributed by atoms with Gasteiger partial charge in [-0.1, -0.05) is 101 Å². The fourth-order valence-electron chi connectivity index (χ4n) is 6.92. The number of fused-ring (bicyclic) bond motifs is 1. The van der Waals surface area contributed by atoms with Gasteiger partial charge in [0, 0.05) is 28.9 Å². The summed E-state index contributed by atoms with van der Waals surface area (Å²) in [7, 11) is 2.67. The summed E-state index contributed by atoms with van der Waals surface area (Å²) in [5.41, 5.74) is 0.992. The first-order chi connectivity index (χ1) is 22.5. The second-order valence-corrected chi connectivity index (χ2v) is 16.6. The van der Waals surface area contributed by atoms with Crippen LogP contribution in [0.2, 0.25) is 0 Å². The van der Waals surface area contributed by atoms with Crippen molar-refractivity contribution in [2.45, 2.75) is 109 Å². The number of carbonyl (C=O) groups is 2. The zero-order chi connectivity index (χ0) is 33.9. The summed E-state index contributed by atoms with van der Waals surface area (Å²) >= 11 is 0. The lowest BCUT2D eigenvalue weighted by atomic mass is 9.82. The number of nitrogens with zero attached hydrogens (tertiary/aromatic N) is 1. The minimum Gasteiger partial charge on any atom is -0.390 e. The second-order valence-electron chi connectivity index (χ2n) is 15.0. The average Bonchev–Trinajstić information content (AvgIpc) is 3.86. The van der Waals surface area contributed by atoms with Crippen LogP contribution in [0.25, 0.3) is 10.8 Å². The number of nitrogens with one attached hydrogen (secondary N) is 2. The van der Waals surface area contributed by atoms with E-state index in [-0.39, 0.29) is 23.5 Å². The number of carbonyl (C=O) groups excluding carboxylic acids is 2. The van der Waals surface area contributed by atoms with E-state index in [9.17, 15) is 24.0 Å². The SMILES string of the molecule is CC(C)C[C@H](O)[C@H](O)[C@H](CC1CCCCC1)NC(=O)[C@H](CC1CC1)NC(=O)[C@H](Cc1ccc2ccccc2c1)CS(=O)CCN(C)C. The van der Waals surface area contributed by atoms with Crippen molar-refractivity contribution in [3.63, 3.8) is 0 Å². The zero-order valence-electron chi connectivity index (χ0n) is 29.0. The topological polar surface area (TPSA) is 119 Å². The third-order valence-electron chi connectivity index (χ3n) is 9.88. The van der Waals surface area contributed by atoms with E-state index in [0.717, 1.165) is 54.9 Å². The lowest BCUT2D eigenvalue weighted by Gasteiger charge is -2.34. The molecule has 4 N–H and O–H groups in total. The fraction of sp³-hybridized carbons (Fsp3) is 0.684. The summed E-state index contributed by atoms with van der Waals surface area (Å²) < 4.78 is 13.2. The third kappa shape index (κ3) is 12.6. The molecule has 2 fully saturated rings. The fourth-order valence-corrected chi connectivity index (χ4v) is 8.37. The molecule has 2 aliphatic carbocycles. The molecule has 0 spiro atoms. The highest BCUT2D eigenvalue weighted by molar-refractivity contribution is 7.85. The van der Waals surface area contributed by atoms with Gasteiger partial charge in [-0.3, -0.25) is 13.8 Å². The summed E-state index contributed by atoms with van der Waals surface area (Å²) in [6.45, 7) is 4.68. The van der Waals surface area contributed by atoms with Crippen molar-refractivity contribution in [1.29, 1.82) is 0 Å². The van der Waals surface area contributed by atoms with Gasteiger partial charge in [-0.25, -0.2) is 0 Å². The predicted molar refractivity (Wildman–Crippen MR) is 191 cm³/mol. The van der Waals surface area contributed by atoms with Crippen LogP contribution in [-0.4, -0.2) is 87.6 Å². The van der Waals surface area contributed by atoms with Gasteiger partial charge in [-0.2, -0.15) is 0 Å². The van der Waals surface area contributed by atoms with Gasteiger partial charge in [0.1, 0.15) is 12.1 Å². The van der Waals surface area contributed by atoms with Crippen LogP contribution in [0.4, 0.5) is 0 Å². The van der Waals surface area contributed by atoms with Gasteiger partial charge in [0.15, 0.2) is 0 Å². The quantitative estimate of drug-likeness (QED) is 0.171. The summed E-state index contributed by atoms with van der Waals surface area (Å²) in [5.74, 6) is 0.513. The Kier molecular flexibility index (Phi) is 14.7. The van der Waals surface area contributed by atoms with Crippen LogP contribution in [-0.2, 0) is 26.8 Å². The normalized spacial score (nSPS) is 19.7. The zero-order valence-corrected chi connectivity index (χ0v) is 29.9. The molecule has 0 radical (unpaired) electrons. The van der Waals surface area contributed by atoms with Crippen molar-refractivity contribution in [2.24, 2.45) is 23.7 Å². The van der Waals surface area contributed by atoms with Gasteiger partial charge in [-0.05, 0) is 73.9 Å². The van der Waals surface area contributed by atoms with Crippen molar-refractivity contribution in [1.82, 2.24) is 15.5 Å². The van der Waals surface area contributed by atoms with E-state index in [4.69, 9.17) is 0 Å². The van der Waals surface area contributed by atoms with Crippen LogP contribution in [0.1, 0.15) is 83.6 Å². The van der Waals surface area contributed by atoms with Gasteiger partial charge in [0.05, 0.1) is 18.1 Å². The summed E-state index contributed by atoms with van der Waals surface area (Å²) in [4.78, 5) is 30.0. The molecule has 9 heteroatoms. The maximum atomic E-state index is 14.0. The van der Waals surface area contributed by atoms with E-state index in [1.54, 1.807) is 0 Å². The molecule has 2 aromatic carbocycles. The molecule has 0 heterocycles. The van der Waals surface area contributed by atoms with E-state index in [1.165, 1.54) is 6.42 Å². The van der Waals surface area contributed by atoms with Gasteiger partial charge >= 0.3 is 0 Å². The van der Waals surface area contributed by atoms with Crippen molar-refractivity contribution >= 4 is 33.4 Å². The number of aliphatic hydroxyl groups is 2. The molecule has 0 aliphatic heterocycles. The van der Waals surface area contributed by atoms with Gasteiger partial charge in [0.2, 0.25) is 11.8 Å². The van der Waals surface area contributed by atoms with Crippen LogP contribution >= 0.6 is 0 Å². The number of hydrogen-bond donors (Lipinski definition) is 4. The molecule has 2 aliphatic rings. The minimum atomic E-state index is -1.21. The monoisotopic (exact) mass is 669 g/mol. The third-order valence-corrected chi connectivity index (χ3v) is 11.3. The van der Waals surface area contributed by atoms with Crippen molar-refractivity contribution in [3.05, 3.63) is 48.0 Å². The number of benzene rings is 2. The molecular formula is C38H59N3O5S. The number of hydrogen-bond acceptors (Lipinski definition) is 6. The van der Waals surface area contributed by atoms with E-state index >= 15 is 0 Å². The average molecular weight is 670 g/mol. The highest BCUT2D eigenvalue weighted by atomic mass is 32.2. The van der Waals surface area contributed by atoms with Gasteiger partial charge in [0.25, 0.3) is 0 Å². The summed E-state index contributed by atoms with van der Waals surface area (Å²) in [6, 6.07) is 12.9. The first kappa shape index (κ1) is 37.5. The molecule has 2 aromatic rings. The Balaban J connectivity index is 1.51. The van der Waals surface area contributed by atoms with Crippen LogP contribution in [0.5, 0.6) is 0 Å². The molecule has 6 atom stereocenters. The molecule has 0 aromatic heterocycles. The van der Waals surface area contributed by atoms with Crippen LogP contribution in [0, 0.1) is 23.7 Å². The van der Waals surface area contributed by atoms with Crippen molar-refractivity contribution in [3.8, 4) is 0 Å². The maximum Gasteiger partial charge on any atom is 0.242 e. The van der Waals surface area contributed by atoms with E-state index in [2.05, 4.69) is 34.9 Å². The molecule has 0 bridgehead atoms. The van der Waals surface area contributed by atoms with E-state index in [0.29, 0.717) is 49.8 Å². The predicted octanol–water partition coefficient (Wildman–Crippen LogP) is 4.82. The van der Waals surface area contributed by atoms with Crippen LogP contribution in [0.15, 0.2) is 42.5 Å². The molecule has 2 amide bonds. The molecule has 1 unspecified atom stereocenters. The van der Waals surface area contributed by atoms with Crippen LogP contribution in [0.3, 0.4) is 0 Å². The smallest absolute Gasteiger partial charge is 0.242 e. The Morgan fingerprint density at radius 1 is 0.894 bits per heavy atom. The maximum absolute atomic E-state index is 14.0. The molecular weight excluding hydrogens is 611 g/mol. The minimum absolute atomic E-state index is 0.204. The Hall–Kier alpha value is -2.33. The largest absolute Gasteiger partial charge is 0.390 e. The Bertz CT molecular complexity index is 1310. The highest BCUT2D eigenvalue weighted by Gasteiger charge is 2.36. The first-order valence-corrected chi connectivity index (χ1v) is 19.4. The van der Waals surface area contributed by atoms with Crippen molar-refractivity contribution < 1.29 is 24.0 Å². The first-order valence-electron chi connectivity index (χ1n) is 17.9. The molecule has 2 saturated carbocycles. The van der Waals surface area contributed by atoms with Crippen LogP contribution < -0.4 is 10.6 Å². The molecule has 4 rings (SSSR count). The standard InChI is InChI=1S/C38H59N3O5S/c1-26(2)20-35(42)36(43)33(23-27-10-6-5-7-11-27)39-38(45)34(24-28-14-15-28)40-37(44)32(25-47(46)19-18-41(3)4)22-29-16-17-30-12-8-9-13-31(30)21-29/h8-9,12-13,16-17,21,26-28,32-36,42-43H,5-7,10-11,14-15,18-20,22-25H2,1-4H3,(H,39,45)(H,40,44)/t32-,33+,34+,35+,36-,47?/m1/s1. The number of rotatable bonds is 19. The summed E-state index contributed by atoms with van der Waals surface area (Å²) in [5, 5.41) is 30.6.